The molecule has 0 N–H and O–H groups in total. The van der Waals surface area contributed by atoms with Gasteiger partial charge in [0, 0.05) is 31.2 Å². The molecule has 0 amide bonds. The van der Waals surface area contributed by atoms with Gasteiger partial charge in [-0.1, -0.05) is 34.1 Å². The van der Waals surface area contributed by atoms with Crippen molar-refractivity contribution >= 4 is 15.9 Å². The fourth-order valence-electron chi connectivity index (χ4n) is 1.64. The SMILES string of the molecule is COCCCOCCOc1c(C)cccc1CBr. The number of hydrogen-bond donors (Lipinski definition) is 0. The lowest BCUT2D eigenvalue weighted by Gasteiger charge is -2.13. The van der Waals surface area contributed by atoms with E-state index in [1.165, 1.54) is 5.56 Å². The molecule has 0 aromatic heterocycles. The average Bonchev–Trinajstić information content (AvgIpc) is 2.39. The molecule has 0 aliphatic heterocycles. The van der Waals surface area contributed by atoms with E-state index in [0.29, 0.717) is 13.2 Å². The summed E-state index contributed by atoms with van der Waals surface area (Å²) in [5, 5.41) is 0.804. The van der Waals surface area contributed by atoms with Crippen molar-refractivity contribution in [3.63, 3.8) is 0 Å². The number of aryl methyl sites for hydroxylation is 1. The van der Waals surface area contributed by atoms with Crippen molar-refractivity contribution in [2.24, 2.45) is 0 Å². The van der Waals surface area contributed by atoms with Crippen molar-refractivity contribution < 1.29 is 14.2 Å². The first-order chi connectivity index (χ1) is 8.79. The van der Waals surface area contributed by atoms with Crippen LogP contribution >= 0.6 is 15.9 Å². The van der Waals surface area contributed by atoms with Gasteiger partial charge in [-0.3, -0.25) is 0 Å². The van der Waals surface area contributed by atoms with Gasteiger partial charge in [0.25, 0.3) is 0 Å². The van der Waals surface area contributed by atoms with E-state index in [2.05, 4.69) is 35.0 Å². The van der Waals surface area contributed by atoms with Crippen LogP contribution in [0.2, 0.25) is 0 Å². The maximum atomic E-state index is 5.78. The fourth-order valence-corrected chi connectivity index (χ4v) is 2.08. The summed E-state index contributed by atoms with van der Waals surface area (Å²) in [5.41, 5.74) is 2.33. The maximum absolute atomic E-state index is 5.78. The van der Waals surface area contributed by atoms with E-state index >= 15 is 0 Å². The van der Waals surface area contributed by atoms with Crippen molar-refractivity contribution in [2.75, 3.05) is 33.5 Å². The standard InChI is InChI=1S/C14H21BrO3/c1-12-5-3-6-13(11-15)14(12)18-10-9-17-8-4-7-16-2/h3,5-6H,4,7-11H2,1-2H3. The number of methoxy groups -OCH3 is 1. The topological polar surface area (TPSA) is 27.7 Å². The first-order valence-corrected chi connectivity index (χ1v) is 7.25. The molecule has 1 rings (SSSR count). The van der Waals surface area contributed by atoms with Crippen molar-refractivity contribution in [3.8, 4) is 5.75 Å². The molecule has 0 atom stereocenters. The molecule has 102 valence electrons. The Morgan fingerprint density at radius 1 is 1.11 bits per heavy atom. The molecule has 4 heteroatoms. The van der Waals surface area contributed by atoms with Gasteiger partial charge in [-0.25, -0.2) is 0 Å². The van der Waals surface area contributed by atoms with E-state index in [1.807, 2.05) is 6.07 Å². The number of para-hydroxylation sites is 1. The normalized spacial score (nSPS) is 10.6. The molecule has 0 aliphatic rings. The van der Waals surface area contributed by atoms with Crippen LogP contribution in [0, 0.1) is 6.92 Å². The molecule has 0 aliphatic carbocycles. The van der Waals surface area contributed by atoms with Crippen molar-refractivity contribution in [3.05, 3.63) is 29.3 Å². The van der Waals surface area contributed by atoms with Crippen molar-refractivity contribution in [1.82, 2.24) is 0 Å². The lowest BCUT2D eigenvalue weighted by atomic mass is 10.1. The maximum Gasteiger partial charge on any atom is 0.126 e. The van der Waals surface area contributed by atoms with Crippen LogP contribution in [0.25, 0.3) is 0 Å². The molecule has 0 saturated heterocycles. The van der Waals surface area contributed by atoms with Crippen LogP contribution in [-0.4, -0.2) is 33.5 Å². The Morgan fingerprint density at radius 3 is 2.67 bits per heavy atom. The molecule has 0 radical (unpaired) electrons. The van der Waals surface area contributed by atoms with Crippen molar-refractivity contribution in [2.45, 2.75) is 18.7 Å². The number of alkyl halides is 1. The molecule has 0 spiro atoms. The zero-order valence-electron chi connectivity index (χ0n) is 11.1. The Kier molecular flexibility index (Phi) is 8.05. The summed E-state index contributed by atoms with van der Waals surface area (Å²) in [4.78, 5) is 0. The molecule has 3 nitrogen and oxygen atoms in total. The Hall–Kier alpha value is -0.580. The van der Waals surface area contributed by atoms with Gasteiger partial charge >= 0.3 is 0 Å². The second-order valence-corrected chi connectivity index (χ2v) is 4.56. The smallest absolute Gasteiger partial charge is 0.126 e. The summed E-state index contributed by atoms with van der Waals surface area (Å²) in [6, 6.07) is 6.16. The number of ether oxygens (including phenoxy) is 3. The summed E-state index contributed by atoms with van der Waals surface area (Å²) in [6.45, 7) is 4.71. The van der Waals surface area contributed by atoms with Crippen molar-refractivity contribution in [1.29, 1.82) is 0 Å². The highest BCUT2D eigenvalue weighted by molar-refractivity contribution is 9.08. The third-order valence-electron chi connectivity index (χ3n) is 2.55. The van der Waals surface area contributed by atoms with Gasteiger partial charge in [0.15, 0.2) is 0 Å². The minimum atomic E-state index is 0.581. The highest BCUT2D eigenvalue weighted by Gasteiger charge is 2.05. The molecular formula is C14H21BrO3. The molecule has 0 saturated carbocycles. The van der Waals surface area contributed by atoms with Gasteiger partial charge in [0.2, 0.25) is 0 Å². The Labute approximate surface area is 118 Å². The van der Waals surface area contributed by atoms with E-state index in [1.54, 1.807) is 7.11 Å². The molecule has 0 unspecified atom stereocenters. The highest BCUT2D eigenvalue weighted by atomic mass is 79.9. The quantitative estimate of drug-likeness (QED) is 0.516. The third kappa shape index (κ3) is 5.38. The first kappa shape index (κ1) is 15.5. The van der Waals surface area contributed by atoms with Gasteiger partial charge in [-0.2, -0.15) is 0 Å². The van der Waals surface area contributed by atoms with Gasteiger partial charge < -0.3 is 14.2 Å². The molecular weight excluding hydrogens is 296 g/mol. The van der Waals surface area contributed by atoms with E-state index in [-0.39, 0.29) is 0 Å². The Morgan fingerprint density at radius 2 is 1.94 bits per heavy atom. The summed E-state index contributed by atoms with van der Waals surface area (Å²) in [5.74, 6) is 0.967. The third-order valence-corrected chi connectivity index (χ3v) is 3.15. The molecule has 0 bridgehead atoms. The van der Waals surface area contributed by atoms with E-state index in [0.717, 1.165) is 36.3 Å². The van der Waals surface area contributed by atoms with E-state index in [4.69, 9.17) is 14.2 Å². The molecule has 1 aromatic rings. The van der Waals surface area contributed by atoms with E-state index < -0.39 is 0 Å². The number of halogens is 1. The second kappa shape index (κ2) is 9.36. The fraction of sp³-hybridized carbons (Fsp3) is 0.571. The largest absolute Gasteiger partial charge is 0.491 e. The van der Waals surface area contributed by atoms with Crippen LogP contribution < -0.4 is 4.74 Å². The lowest BCUT2D eigenvalue weighted by Crippen LogP contribution is -2.10. The number of benzene rings is 1. The number of hydrogen-bond acceptors (Lipinski definition) is 3. The van der Waals surface area contributed by atoms with Gasteiger partial charge in [-0.15, -0.1) is 0 Å². The summed E-state index contributed by atoms with van der Waals surface area (Å²) < 4.78 is 16.2. The predicted molar refractivity (Wildman–Crippen MR) is 76.6 cm³/mol. The minimum absolute atomic E-state index is 0.581. The first-order valence-electron chi connectivity index (χ1n) is 6.13. The monoisotopic (exact) mass is 316 g/mol. The second-order valence-electron chi connectivity index (χ2n) is 4.00. The van der Waals surface area contributed by atoms with E-state index in [9.17, 15) is 0 Å². The zero-order chi connectivity index (χ0) is 13.2. The number of rotatable bonds is 9. The molecule has 0 fully saturated rings. The summed E-state index contributed by atoms with van der Waals surface area (Å²) >= 11 is 3.47. The van der Waals surface area contributed by atoms with Crippen LogP contribution in [-0.2, 0) is 14.8 Å². The Balaban J connectivity index is 2.26. The predicted octanol–water partition coefficient (Wildman–Crippen LogP) is 3.32. The van der Waals surface area contributed by atoms with Crippen LogP contribution in [0.3, 0.4) is 0 Å². The molecule has 0 heterocycles. The summed E-state index contributed by atoms with van der Waals surface area (Å²) in [6.07, 6.45) is 0.924. The Bertz CT molecular complexity index is 342. The molecule has 18 heavy (non-hydrogen) atoms. The van der Waals surface area contributed by atoms with Crippen LogP contribution in [0.5, 0.6) is 5.75 Å². The van der Waals surface area contributed by atoms with Crippen LogP contribution in [0.15, 0.2) is 18.2 Å². The zero-order valence-corrected chi connectivity index (χ0v) is 12.7. The van der Waals surface area contributed by atoms with Crippen LogP contribution in [0.1, 0.15) is 17.5 Å². The summed E-state index contributed by atoms with van der Waals surface area (Å²) in [7, 11) is 1.70. The van der Waals surface area contributed by atoms with Gasteiger partial charge in [0.1, 0.15) is 12.4 Å². The lowest BCUT2D eigenvalue weighted by molar-refractivity contribution is 0.0803. The highest BCUT2D eigenvalue weighted by Crippen LogP contribution is 2.25. The van der Waals surface area contributed by atoms with Gasteiger partial charge in [0.05, 0.1) is 6.61 Å². The average molecular weight is 317 g/mol. The minimum Gasteiger partial charge on any atom is -0.491 e. The van der Waals surface area contributed by atoms with Crippen LogP contribution in [0.4, 0.5) is 0 Å². The van der Waals surface area contributed by atoms with Gasteiger partial charge in [-0.05, 0) is 18.9 Å². The molecule has 1 aromatic carbocycles.